The molecule has 3 heteroatoms. The van der Waals surface area contributed by atoms with Crippen molar-refractivity contribution in [2.45, 2.75) is 33.6 Å². The van der Waals surface area contributed by atoms with E-state index in [1.54, 1.807) is 0 Å². The Morgan fingerprint density at radius 1 is 1.23 bits per heavy atom. The van der Waals surface area contributed by atoms with E-state index in [1.807, 2.05) is 18.7 Å². The third kappa shape index (κ3) is 6.58. The lowest BCUT2D eigenvalue weighted by Gasteiger charge is -2.16. The van der Waals surface area contributed by atoms with Gasteiger partial charge in [-0.05, 0) is 19.5 Å². The van der Waals surface area contributed by atoms with E-state index in [1.165, 1.54) is 0 Å². The molecule has 0 aliphatic heterocycles. The molecule has 0 N–H and O–H groups in total. The second-order valence-electron chi connectivity index (χ2n) is 3.04. The normalized spacial score (nSPS) is 10.5. The number of carbonyl (C=O) groups excluding carboxylic acids is 1. The first-order valence-corrected chi connectivity index (χ1v) is 5.12. The molecule has 0 aliphatic carbocycles. The smallest absolute Gasteiger partial charge is 0.320 e. The Balaban J connectivity index is 3.48. The lowest BCUT2D eigenvalue weighted by atomic mass is 10.4. The van der Waals surface area contributed by atoms with Gasteiger partial charge in [-0.15, -0.1) is 0 Å². The van der Waals surface area contributed by atoms with E-state index in [2.05, 4.69) is 6.92 Å². The number of esters is 1. The van der Waals surface area contributed by atoms with Crippen LogP contribution >= 0.6 is 0 Å². The average Bonchev–Trinajstić information content (AvgIpc) is 2.14. The molecule has 0 saturated carbocycles. The lowest BCUT2D eigenvalue weighted by Crippen LogP contribution is -2.30. The lowest BCUT2D eigenvalue weighted by molar-refractivity contribution is -0.145. The van der Waals surface area contributed by atoms with Gasteiger partial charge < -0.3 is 4.74 Å². The second-order valence-corrected chi connectivity index (χ2v) is 3.04. The predicted octanol–water partition coefficient (Wildman–Crippen LogP) is 1.67. The quantitative estimate of drug-likeness (QED) is 0.448. The Labute approximate surface area is 81.1 Å². The fraction of sp³-hybridized carbons (Fsp3) is 0.900. The minimum absolute atomic E-state index is 0.0999. The van der Waals surface area contributed by atoms with E-state index in [0.717, 1.165) is 25.9 Å². The van der Waals surface area contributed by atoms with Crippen molar-refractivity contribution in [3.8, 4) is 0 Å². The number of likely N-dealkylation sites (N-methyl/N-ethyl adjacent to an activating group) is 1. The van der Waals surface area contributed by atoms with E-state index in [0.29, 0.717) is 13.2 Å². The summed E-state index contributed by atoms with van der Waals surface area (Å²) in [4.78, 5) is 13.2. The summed E-state index contributed by atoms with van der Waals surface area (Å²) in [7, 11) is 0. The summed E-state index contributed by atoms with van der Waals surface area (Å²) < 4.78 is 5.04. The summed E-state index contributed by atoms with van der Waals surface area (Å²) in [6, 6.07) is 0. The summed E-state index contributed by atoms with van der Waals surface area (Å²) >= 11 is 0. The van der Waals surface area contributed by atoms with Crippen molar-refractivity contribution in [1.82, 2.24) is 4.90 Å². The molecule has 0 atom stereocenters. The summed E-state index contributed by atoms with van der Waals surface area (Å²) in [5, 5.41) is 0. The van der Waals surface area contributed by atoms with Gasteiger partial charge in [0.25, 0.3) is 0 Å². The fourth-order valence-corrected chi connectivity index (χ4v) is 1.01. The molecule has 0 aliphatic rings. The molecule has 13 heavy (non-hydrogen) atoms. The molecule has 0 unspecified atom stereocenters. The maximum Gasteiger partial charge on any atom is 0.320 e. The van der Waals surface area contributed by atoms with E-state index in [4.69, 9.17) is 4.74 Å². The van der Waals surface area contributed by atoms with Crippen molar-refractivity contribution in [2.75, 3.05) is 26.2 Å². The number of carbonyl (C=O) groups is 1. The number of hydrogen-bond donors (Lipinski definition) is 0. The molecular weight excluding hydrogens is 166 g/mol. The molecule has 0 amide bonds. The number of ether oxygens (including phenoxy) is 1. The zero-order valence-corrected chi connectivity index (χ0v) is 9.01. The zero-order chi connectivity index (χ0) is 10.1. The van der Waals surface area contributed by atoms with Gasteiger partial charge >= 0.3 is 5.97 Å². The molecule has 0 heterocycles. The minimum Gasteiger partial charge on any atom is -0.465 e. The SMILES string of the molecule is CCCCOC(=O)CN(CC)CC. The third-order valence-electron chi connectivity index (χ3n) is 2.01. The molecule has 0 spiro atoms. The van der Waals surface area contributed by atoms with Gasteiger partial charge in [0.15, 0.2) is 0 Å². The van der Waals surface area contributed by atoms with Crippen LogP contribution < -0.4 is 0 Å². The molecule has 0 aromatic heterocycles. The second kappa shape index (κ2) is 8.05. The van der Waals surface area contributed by atoms with Crippen LogP contribution in [0.3, 0.4) is 0 Å². The summed E-state index contributed by atoms with van der Waals surface area (Å²) in [5.74, 6) is -0.0999. The van der Waals surface area contributed by atoms with Crippen LogP contribution in [0.5, 0.6) is 0 Å². The molecule has 0 aromatic carbocycles. The van der Waals surface area contributed by atoms with Crippen LogP contribution in [0.2, 0.25) is 0 Å². The number of nitrogens with zero attached hydrogens (tertiary/aromatic N) is 1. The topological polar surface area (TPSA) is 29.5 Å². The molecular formula is C10H21NO2. The monoisotopic (exact) mass is 187 g/mol. The maximum atomic E-state index is 11.2. The van der Waals surface area contributed by atoms with Gasteiger partial charge in [-0.25, -0.2) is 0 Å². The highest BCUT2D eigenvalue weighted by Gasteiger charge is 2.07. The van der Waals surface area contributed by atoms with Crippen LogP contribution in [0.4, 0.5) is 0 Å². The highest BCUT2D eigenvalue weighted by Crippen LogP contribution is 1.92. The van der Waals surface area contributed by atoms with Gasteiger partial charge in [-0.1, -0.05) is 27.2 Å². The van der Waals surface area contributed by atoms with Gasteiger partial charge in [-0.2, -0.15) is 0 Å². The van der Waals surface area contributed by atoms with Gasteiger partial charge in [0.1, 0.15) is 0 Å². The van der Waals surface area contributed by atoms with Gasteiger partial charge in [-0.3, -0.25) is 9.69 Å². The first-order chi connectivity index (χ1) is 6.24. The Morgan fingerprint density at radius 2 is 1.85 bits per heavy atom. The van der Waals surface area contributed by atoms with Crippen LogP contribution in [0.25, 0.3) is 0 Å². The van der Waals surface area contributed by atoms with Crippen LogP contribution in [-0.2, 0) is 9.53 Å². The standard InChI is InChI=1S/C10H21NO2/c1-4-7-8-13-10(12)9-11(5-2)6-3/h4-9H2,1-3H3. The number of unbranched alkanes of at least 4 members (excludes halogenated alkanes) is 1. The Kier molecular flexibility index (Phi) is 7.69. The molecule has 78 valence electrons. The first-order valence-electron chi connectivity index (χ1n) is 5.12. The van der Waals surface area contributed by atoms with Gasteiger partial charge in [0, 0.05) is 0 Å². The predicted molar refractivity (Wildman–Crippen MR) is 53.7 cm³/mol. The van der Waals surface area contributed by atoms with Crippen molar-refractivity contribution in [3.63, 3.8) is 0 Å². The Bertz CT molecular complexity index is 133. The molecule has 0 saturated heterocycles. The van der Waals surface area contributed by atoms with Gasteiger partial charge in [0.2, 0.25) is 0 Å². The van der Waals surface area contributed by atoms with E-state index >= 15 is 0 Å². The summed E-state index contributed by atoms with van der Waals surface area (Å²) in [6.07, 6.45) is 2.03. The molecule has 0 radical (unpaired) electrons. The molecule has 0 rings (SSSR count). The largest absolute Gasteiger partial charge is 0.465 e. The maximum absolute atomic E-state index is 11.2. The van der Waals surface area contributed by atoms with Crippen molar-refractivity contribution < 1.29 is 9.53 Å². The van der Waals surface area contributed by atoms with Crippen LogP contribution in [0.1, 0.15) is 33.6 Å². The third-order valence-corrected chi connectivity index (χ3v) is 2.01. The Hall–Kier alpha value is -0.570. The van der Waals surface area contributed by atoms with Crippen molar-refractivity contribution >= 4 is 5.97 Å². The van der Waals surface area contributed by atoms with Crippen LogP contribution in [0, 0.1) is 0 Å². The summed E-state index contributed by atoms with van der Waals surface area (Å²) in [5.41, 5.74) is 0. The fourth-order valence-electron chi connectivity index (χ4n) is 1.01. The molecule has 0 fully saturated rings. The number of hydrogen-bond acceptors (Lipinski definition) is 3. The minimum atomic E-state index is -0.0999. The Morgan fingerprint density at radius 3 is 2.31 bits per heavy atom. The van der Waals surface area contributed by atoms with Crippen molar-refractivity contribution in [1.29, 1.82) is 0 Å². The average molecular weight is 187 g/mol. The summed E-state index contributed by atoms with van der Waals surface area (Å²) in [6.45, 7) is 8.97. The first kappa shape index (κ1) is 12.4. The zero-order valence-electron chi connectivity index (χ0n) is 9.01. The van der Waals surface area contributed by atoms with Crippen LogP contribution in [-0.4, -0.2) is 37.1 Å². The van der Waals surface area contributed by atoms with E-state index in [9.17, 15) is 4.79 Å². The highest BCUT2D eigenvalue weighted by atomic mass is 16.5. The van der Waals surface area contributed by atoms with E-state index < -0.39 is 0 Å². The van der Waals surface area contributed by atoms with Crippen LogP contribution in [0.15, 0.2) is 0 Å². The molecule has 3 nitrogen and oxygen atoms in total. The van der Waals surface area contributed by atoms with E-state index in [-0.39, 0.29) is 5.97 Å². The van der Waals surface area contributed by atoms with Gasteiger partial charge in [0.05, 0.1) is 13.2 Å². The molecule has 0 bridgehead atoms. The molecule has 0 aromatic rings. The van der Waals surface area contributed by atoms with Crippen molar-refractivity contribution in [3.05, 3.63) is 0 Å². The number of rotatable bonds is 7. The highest BCUT2D eigenvalue weighted by molar-refractivity contribution is 5.71. The van der Waals surface area contributed by atoms with Crippen molar-refractivity contribution in [2.24, 2.45) is 0 Å².